The molecule has 0 saturated heterocycles. The number of unbranched alkanes of at least 4 members (excludes halogenated alkanes) is 2. The quantitative estimate of drug-likeness (QED) is 0.761. The lowest BCUT2D eigenvalue weighted by molar-refractivity contribution is 0.178. The lowest BCUT2D eigenvalue weighted by Crippen LogP contribution is -2.10. The molecule has 1 aromatic heterocycles. The van der Waals surface area contributed by atoms with Crippen molar-refractivity contribution < 1.29 is 5.11 Å². The molecule has 1 aromatic rings. The van der Waals surface area contributed by atoms with Crippen LogP contribution in [0.4, 0.5) is 5.82 Å². The molecule has 0 aliphatic carbocycles. The molecule has 0 amide bonds. The molecule has 2 N–H and O–H groups in total. The number of nitriles is 1. The molecule has 1 aliphatic rings. The number of aromatic nitrogens is 2. The number of nitrogens with one attached hydrogen (secondary N) is 1. The second-order valence-corrected chi connectivity index (χ2v) is 3.94. The Morgan fingerprint density at radius 2 is 2.47 bits per heavy atom. The number of anilines is 1. The number of nitrogens with zero attached hydrogens (tertiary/aromatic N) is 4. The third-order valence-corrected chi connectivity index (χ3v) is 2.70. The van der Waals surface area contributed by atoms with Crippen molar-refractivity contribution in [1.29, 1.82) is 5.26 Å². The number of hydrogen-bond donors (Lipinski definition) is 2. The number of aliphatic hydroxyl groups excluding tert-OH is 1. The van der Waals surface area contributed by atoms with Gasteiger partial charge in [-0.2, -0.15) is 5.26 Å². The summed E-state index contributed by atoms with van der Waals surface area (Å²) in [6, 6.07) is 2.12. The van der Waals surface area contributed by atoms with E-state index in [9.17, 15) is 5.11 Å². The zero-order chi connectivity index (χ0) is 12.1. The Labute approximate surface area is 99.6 Å². The van der Waals surface area contributed by atoms with Crippen molar-refractivity contribution >= 4 is 12.2 Å². The highest BCUT2D eigenvalue weighted by atomic mass is 16.3. The van der Waals surface area contributed by atoms with E-state index in [1.54, 1.807) is 12.7 Å². The second-order valence-electron chi connectivity index (χ2n) is 3.94. The molecule has 0 fully saturated rings. The van der Waals surface area contributed by atoms with Gasteiger partial charge in [0.2, 0.25) is 0 Å². The second kappa shape index (κ2) is 5.46. The van der Waals surface area contributed by atoms with E-state index in [-0.39, 0.29) is 0 Å². The molecule has 1 aliphatic heterocycles. The summed E-state index contributed by atoms with van der Waals surface area (Å²) in [6.07, 6.45) is 5.00. The van der Waals surface area contributed by atoms with Gasteiger partial charge in [0, 0.05) is 13.0 Å². The van der Waals surface area contributed by atoms with Crippen LogP contribution in [-0.4, -0.2) is 27.5 Å². The zero-order valence-electron chi connectivity index (χ0n) is 9.50. The molecule has 2 rings (SSSR count). The average Bonchev–Trinajstić information content (AvgIpc) is 2.64. The first-order chi connectivity index (χ1) is 8.33. The van der Waals surface area contributed by atoms with Crippen LogP contribution in [0.15, 0.2) is 11.3 Å². The minimum Gasteiger partial charge on any atom is -0.385 e. The van der Waals surface area contributed by atoms with Crippen LogP contribution in [-0.2, 0) is 6.54 Å². The smallest absolute Gasteiger partial charge is 0.155 e. The van der Waals surface area contributed by atoms with Gasteiger partial charge in [-0.05, 0) is 12.8 Å². The summed E-state index contributed by atoms with van der Waals surface area (Å²) in [5.74, 6) is 0.666. The van der Waals surface area contributed by atoms with E-state index in [0.29, 0.717) is 18.8 Å². The van der Waals surface area contributed by atoms with Gasteiger partial charge in [-0.25, -0.2) is 4.98 Å². The van der Waals surface area contributed by atoms with Crippen molar-refractivity contribution in [3.63, 3.8) is 0 Å². The fourth-order valence-electron chi connectivity index (χ4n) is 1.86. The molecule has 1 unspecified atom stereocenters. The molecule has 6 nitrogen and oxygen atoms in total. The summed E-state index contributed by atoms with van der Waals surface area (Å²) in [6.45, 7) is 1.12. The van der Waals surface area contributed by atoms with Gasteiger partial charge in [-0.3, -0.25) is 4.99 Å². The van der Waals surface area contributed by atoms with Crippen molar-refractivity contribution in [3.8, 4) is 6.07 Å². The highest BCUT2D eigenvalue weighted by Gasteiger charge is 2.20. The predicted molar refractivity (Wildman–Crippen MR) is 63.6 cm³/mol. The first kappa shape index (κ1) is 11.6. The lowest BCUT2D eigenvalue weighted by atomic mass is 10.2. The number of aliphatic imine (C=N–C) groups is 1. The highest BCUT2D eigenvalue weighted by Crippen LogP contribution is 2.24. The monoisotopic (exact) mass is 233 g/mol. The molecule has 90 valence electrons. The number of hydrogen-bond acceptors (Lipinski definition) is 5. The molecule has 6 heteroatoms. The SMILES string of the molecule is N#CCCCCn1cnc2c1C(O)CN=CN2. The van der Waals surface area contributed by atoms with E-state index in [1.807, 2.05) is 4.57 Å². The largest absolute Gasteiger partial charge is 0.385 e. The van der Waals surface area contributed by atoms with Crippen molar-refractivity contribution in [2.24, 2.45) is 4.99 Å². The molecular formula is C11H15N5O. The summed E-state index contributed by atoms with van der Waals surface area (Å²) in [4.78, 5) is 8.21. The fourth-order valence-corrected chi connectivity index (χ4v) is 1.86. The maximum atomic E-state index is 9.95. The summed E-state index contributed by atoms with van der Waals surface area (Å²) < 4.78 is 1.93. The van der Waals surface area contributed by atoms with E-state index in [2.05, 4.69) is 21.4 Å². The summed E-state index contributed by atoms with van der Waals surface area (Å²) in [5.41, 5.74) is 0.777. The summed E-state index contributed by atoms with van der Waals surface area (Å²) in [7, 11) is 0. The first-order valence-corrected chi connectivity index (χ1v) is 5.68. The highest BCUT2D eigenvalue weighted by molar-refractivity contribution is 5.75. The van der Waals surface area contributed by atoms with E-state index < -0.39 is 6.10 Å². The van der Waals surface area contributed by atoms with Crippen LogP contribution >= 0.6 is 0 Å². The van der Waals surface area contributed by atoms with Gasteiger partial charge in [0.15, 0.2) is 5.82 Å². The van der Waals surface area contributed by atoms with E-state index >= 15 is 0 Å². The van der Waals surface area contributed by atoms with E-state index in [0.717, 1.165) is 25.1 Å². The Morgan fingerprint density at radius 1 is 1.59 bits per heavy atom. The van der Waals surface area contributed by atoms with Gasteiger partial charge in [0.25, 0.3) is 0 Å². The van der Waals surface area contributed by atoms with Gasteiger partial charge < -0.3 is 15.0 Å². The molecule has 0 radical (unpaired) electrons. The fraction of sp³-hybridized carbons (Fsp3) is 0.545. The van der Waals surface area contributed by atoms with Crippen LogP contribution in [0, 0.1) is 11.3 Å². The van der Waals surface area contributed by atoms with Crippen molar-refractivity contribution in [2.45, 2.75) is 31.9 Å². The molecule has 2 heterocycles. The van der Waals surface area contributed by atoms with Crippen LogP contribution in [0.2, 0.25) is 0 Å². The Bertz CT molecular complexity index is 445. The van der Waals surface area contributed by atoms with E-state index in [1.165, 1.54) is 0 Å². The number of imidazole rings is 1. The minimum absolute atomic E-state index is 0.351. The Morgan fingerprint density at radius 3 is 3.29 bits per heavy atom. The average molecular weight is 233 g/mol. The van der Waals surface area contributed by atoms with Crippen molar-refractivity contribution in [3.05, 3.63) is 12.0 Å². The van der Waals surface area contributed by atoms with Crippen LogP contribution < -0.4 is 5.32 Å². The zero-order valence-corrected chi connectivity index (χ0v) is 9.50. The molecule has 0 spiro atoms. The Hall–Kier alpha value is -1.87. The third-order valence-electron chi connectivity index (χ3n) is 2.70. The van der Waals surface area contributed by atoms with Gasteiger partial charge in [-0.15, -0.1) is 0 Å². The molecule has 0 aromatic carbocycles. The molecule has 1 atom stereocenters. The van der Waals surface area contributed by atoms with Gasteiger partial charge in [-0.1, -0.05) is 0 Å². The van der Waals surface area contributed by atoms with Gasteiger partial charge >= 0.3 is 0 Å². The van der Waals surface area contributed by atoms with Gasteiger partial charge in [0.1, 0.15) is 6.10 Å². The summed E-state index contributed by atoms with van der Waals surface area (Å²) >= 11 is 0. The Balaban J connectivity index is 2.05. The normalized spacial score (nSPS) is 18.0. The molecule has 0 bridgehead atoms. The maximum Gasteiger partial charge on any atom is 0.155 e. The predicted octanol–water partition coefficient (Wildman–Crippen LogP) is 1.06. The number of aryl methyl sites for hydroxylation is 1. The lowest BCUT2D eigenvalue weighted by Gasteiger charge is -2.11. The van der Waals surface area contributed by atoms with Crippen LogP contribution in [0.25, 0.3) is 0 Å². The van der Waals surface area contributed by atoms with E-state index in [4.69, 9.17) is 5.26 Å². The number of aliphatic hydroxyl groups is 1. The molecule has 17 heavy (non-hydrogen) atoms. The first-order valence-electron chi connectivity index (χ1n) is 5.68. The third kappa shape index (κ3) is 2.63. The van der Waals surface area contributed by atoms with Crippen LogP contribution in [0.3, 0.4) is 0 Å². The number of rotatable bonds is 4. The Kier molecular flexibility index (Phi) is 3.73. The minimum atomic E-state index is -0.616. The van der Waals surface area contributed by atoms with Crippen LogP contribution in [0.5, 0.6) is 0 Å². The summed E-state index contributed by atoms with van der Waals surface area (Å²) in [5, 5.41) is 21.3. The molecule has 0 saturated carbocycles. The van der Waals surface area contributed by atoms with Crippen LogP contribution in [0.1, 0.15) is 31.1 Å². The molecular weight excluding hydrogens is 218 g/mol. The van der Waals surface area contributed by atoms with Crippen molar-refractivity contribution in [2.75, 3.05) is 11.9 Å². The topological polar surface area (TPSA) is 86.2 Å². The van der Waals surface area contributed by atoms with Crippen molar-refractivity contribution in [1.82, 2.24) is 9.55 Å². The number of fused-ring (bicyclic) bond motifs is 1. The maximum absolute atomic E-state index is 9.95. The standard InChI is InChI=1S/C11H15N5O/c12-4-2-1-3-5-16-8-15-11-10(16)9(17)6-13-7-14-11/h7-9,17H,1-3,5-6H2,(H,13,14). The van der Waals surface area contributed by atoms with Gasteiger partial charge in [0.05, 0.1) is 31.0 Å².